The highest BCUT2D eigenvalue weighted by Crippen LogP contribution is 2.32. The summed E-state index contributed by atoms with van der Waals surface area (Å²) >= 11 is 0. The van der Waals surface area contributed by atoms with E-state index in [-0.39, 0.29) is 5.66 Å². The van der Waals surface area contributed by atoms with Gasteiger partial charge in [-0.05, 0) is 19.9 Å². The zero-order chi connectivity index (χ0) is 11.0. The van der Waals surface area contributed by atoms with Crippen molar-refractivity contribution < 1.29 is 0 Å². The van der Waals surface area contributed by atoms with Gasteiger partial charge in [-0.15, -0.1) is 0 Å². The largest absolute Gasteiger partial charge is 0.302 e. The summed E-state index contributed by atoms with van der Waals surface area (Å²) in [4.78, 5) is 2.47. The van der Waals surface area contributed by atoms with Gasteiger partial charge in [0.15, 0.2) is 5.66 Å². The van der Waals surface area contributed by atoms with Crippen LogP contribution in [0.25, 0.3) is 0 Å². The highest BCUT2D eigenvalue weighted by Gasteiger charge is 2.35. The van der Waals surface area contributed by atoms with Crippen molar-refractivity contribution in [2.75, 3.05) is 19.6 Å². The van der Waals surface area contributed by atoms with Crippen LogP contribution in [0, 0.1) is 0 Å². The van der Waals surface area contributed by atoms with Crippen LogP contribution in [-0.2, 0) is 0 Å². The topological polar surface area (TPSA) is 69.5 Å². The monoisotopic (exact) mass is 220 g/mol. The van der Waals surface area contributed by atoms with Crippen LogP contribution >= 0.6 is 0 Å². The molecule has 0 spiro atoms. The first kappa shape index (κ1) is 9.89. The number of aromatic amines is 1. The van der Waals surface area contributed by atoms with Crippen molar-refractivity contribution in [1.29, 1.82) is 0 Å². The number of rotatable bonds is 4. The molecule has 1 fully saturated rings. The van der Waals surface area contributed by atoms with Crippen LogP contribution in [0.5, 0.6) is 0 Å². The predicted molar refractivity (Wildman–Crippen MR) is 58.1 cm³/mol. The Morgan fingerprint density at radius 3 is 3.12 bits per heavy atom. The van der Waals surface area contributed by atoms with E-state index in [1.165, 1.54) is 6.42 Å². The number of aromatic nitrogens is 3. The quantitative estimate of drug-likeness (QED) is 0.828. The molecule has 0 amide bonds. The third-order valence-corrected chi connectivity index (χ3v) is 3.47. The van der Waals surface area contributed by atoms with Crippen molar-refractivity contribution in [2.45, 2.75) is 31.3 Å². The van der Waals surface area contributed by atoms with Gasteiger partial charge >= 0.3 is 0 Å². The van der Waals surface area contributed by atoms with Gasteiger partial charge < -0.3 is 4.90 Å². The Labute approximate surface area is 94.1 Å². The number of hydrogen-bond donors (Lipinski definition) is 1. The molecule has 1 aromatic heterocycles. The first-order chi connectivity index (χ1) is 7.75. The van der Waals surface area contributed by atoms with Crippen molar-refractivity contribution in [1.82, 2.24) is 20.3 Å². The molecule has 1 aromatic rings. The molecule has 1 atom stereocenters. The first-order valence-corrected chi connectivity index (χ1v) is 5.77. The van der Waals surface area contributed by atoms with Crippen LogP contribution in [0.4, 0.5) is 0 Å². The molecule has 1 unspecified atom stereocenters. The Morgan fingerprint density at radius 1 is 1.56 bits per heavy atom. The predicted octanol–water partition coefficient (Wildman–Crippen LogP) is 1.17. The second kappa shape index (κ2) is 3.62. The minimum Gasteiger partial charge on any atom is -0.302 e. The summed E-state index contributed by atoms with van der Waals surface area (Å²) in [5.41, 5.74) is 1.03. The summed E-state index contributed by atoms with van der Waals surface area (Å²) < 4.78 is 0. The summed E-state index contributed by atoms with van der Waals surface area (Å²) in [6, 6.07) is 0. The minimum absolute atomic E-state index is 0.0635. The lowest BCUT2D eigenvalue weighted by molar-refractivity contribution is 0.312. The first-order valence-electron chi connectivity index (χ1n) is 5.77. The van der Waals surface area contributed by atoms with E-state index in [1.54, 1.807) is 0 Å². The van der Waals surface area contributed by atoms with Gasteiger partial charge in [-0.2, -0.15) is 25.6 Å². The van der Waals surface area contributed by atoms with E-state index in [4.69, 9.17) is 0 Å². The molecule has 0 aromatic carbocycles. The molecule has 3 rings (SSSR count). The molecule has 2 aliphatic rings. The lowest BCUT2D eigenvalue weighted by Crippen LogP contribution is -2.25. The Bertz CT molecular complexity index is 378. The number of likely N-dealkylation sites (tertiary alicyclic amines) is 1. The van der Waals surface area contributed by atoms with Crippen LogP contribution in [0.3, 0.4) is 0 Å². The average Bonchev–Trinajstić information content (AvgIpc) is 2.81. The fourth-order valence-electron chi connectivity index (χ4n) is 2.24. The third-order valence-electron chi connectivity index (χ3n) is 3.47. The van der Waals surface area contributed by atoms with Gasteiger partial charge in [0.05, 0.1) is 11.9 Å². The molecule has 0 saturated carbocycles. The van der Waals surface area contributed by atoms with Crippen LogP contribution < -0.4 is 0 Å². The molecular weight excluding hydrogens is 204 g/mol. The van der Waals surface area contributed by atoms with Gasteiger partial charge in [-0.1, -0.05) is 0 Å². The molecule has 1 saturated heterocycles. The van der Waals surface area contributed by atoms with E-state index in [1.807, 2.05) is 6.20 Å². The fourth-order valence-corrected chi connectivity index (χ4v) is 2.24. The van der Waals surface area contributed by atoms with Gasteiger partial charge in [0.1, 0.15) is 0 Å². The van der Waals surface area contributed by atoms with Gasteiger partial charge in [0, 0.05) is 25.4 Å². The summed E-state index contributed by atoms with van der Waals surface area (Å²) in [6.45, 7) is 5.40. The Morgan fingerprint density at radius 2 is 2.44 bits per heavy atom. The fraction of sp³-hybridized carbons (Fsp3) is 0.800. The maximum absolute atomic E-state index is 4.15. The van der Waals surface area contributed by atoms with Crippen LogP contribution in [0.15, 0.2) is 16.4 Å². The average molecular weight is 220 g/mol. The summed E-state index contributed by atoms with van der Waals surface area (Å²) in [6.07, 6.45) is 4.05. The standard InChI is InChI=1S/C10H16N6/c1-10(13-14-10)3-5-16-4-2-8(7-16)9-6-11-15-12-9/h6,8H,2-5,7H2,1H3,(H,11,12,15). The van der Waals surface area contributed by atoms with Gasteiger partial charge in [-0.25, -0.2) is 0 Å². The molecule has 1 N–H and O–H groups in total. The van der Waals surface area contributed by atoms with Crippen LogP contribution in [-0.4, -0.2) is 45.6 Å². The molecule has 86 valence electrons. The Balaban J connectivity index is 1.49. The Hall–Kier alpha value is -1.30. The van der Waals surface area contributed by atoms with Crippen LogP contribution in [0.2, 0.25) is 0 Å². The summed E-state index contributed by atoms with van der Waals surface area (Å²) in [7, 11) is 0. The van der Waals surface area contributed by atoms with E-state index in [2.05, 4.69) is 37.5 Å². The molecule has 3 heterocycles. The molecule has 16 heavy (non-hydrogen) atoms. The smallest absolute Gasteiger partial charge is 0.189 e. The number of hydrogen-bond acceptors (Lipinski definition) is 5. The van der Waals surface area contributed by atoms with Crippen molar-refractivity contribution >= 4 is 0 Å². The molecule has 0 radical (unpaired) electrons. The van der Waals surface area contributed by atoms with Crippen molar-refractivity contribution in [3.63, 3.8) is 0 Å². The second-order valence-electron chi connectivity index (χ2n) is 4.85. The second-order valence-corrected chi connectivity index (χ2v) is 4.85. The zero-order valence-electron chi connectivity index (χ0n) is 9.43. The Kier molecular flexibility index (Phi) is 2.24. The van der Waals surface area contributed by atoms with E-state index >= 15 is 0 Å². The maximum atomic E-state index is 4.15. The minimum atomic E-state index is -0.0635. The normalized spacial score (nSPS) is 27.4. The molecule has 0 bridgehead atoms. The van der Waals surface area contributed by atoms with Gasteiger partial charge in [0.2, 0.25) is 0 Å². The number of H-pyrrole nitrogens is 1. The van der Waals surface area contributed by atoms with E-state index in [0.29, 0.717) is 5.92 Å². The lowest BCUT2D eigenvalue weighted by Gasteiger charge is -2.15. The van der Waals surface area contributed by atoms with Gasteiger partial charge in [-0.3, -0.25) is 0 Å². The lowest BCUT2D eigenvalue weighted by atomic mass is 10.1. The molecule has 2 aliphatic heterocycles. The van der Waals surface area contributed by atoms with E-state index in [9.17, 15) is 0 Å². The van der Waals surface area contributed by atoms with Crippen molar-refractivity contribution in [3.05, 3.63) is 11.9 Å². The van der Waals surface area contributed by atoms with Crippen LogP contribution in [0.1, 0.15) is 31.4 Å². The van der Waals surface area contributed by atoms with E-state index < -0.39 is 0 Å². The molecule has 6 heteroatoms. The summed E-state index contributed by atoms with van der Waals surface area (Å²) in [5.74, 6) is 0.541. The number of nitrogens with one attached hydrogen (secondary N) is 1. The highest BCUT2D eigenvalue weighted by molar-refractivity contribution is 5.05. The number of nitrogens with zero attached hydrogens (tertiary/aromatic N) is 5. The van der Waals surface area contributed by atoms with Gasteiger partial charge in [0.25, 0.3) is 0 Å². The SMILES string of the molecule is CC1(CCN2CCC(c3cn[nH]n3)C2)N=N1. The summed E-state index contributed by atoms with van der Waals surface area (Å²) in [5, 5.41) is 18.8. The molecule has 6 nitrogen and oxygen atoms in total. The van der Waals surface area contributed by atoms with Crippen molar-refractivity contribution in [3.8, 4) is 0 Å². The molecule has 0 aliphatic carbocycles. The maximum Gasteiger partial charge on any atom is 0.189 e. The third kappa shape index (κ3) is 1.97. The zero-order valence-corrected chi connectivity index (χ0v) is 9.43. The van der Waals surface area contributed by atoms with Crippen molar-refractivity contribution in [2.24, 2.45) is 10.2 Å². The van der Waals surface area contributed by atoms with E-state index in [0.717, 1.165) is 31.7 Å². The molecular formula is C10H16N6. The highest BCUT2D eigenvalue weighted by atomic mass is 15.4.